The molecule has 0 bridgehead atoms. The second-order valence-corrected chi connectivity index (χ2v) is 5.75. The van der Waals surface area contributed by atoms with Crippen LogP contribution in [0.15, 0.2) is 72.8 Å². The van der Waals surface area contributed by atoms with Gasteiger partial charge in [0.25, 0.3) is 11.8 Å². The zero-order valence-electron chi connectivity index (χ0n) is 15.0. The molecule has 0 aliphatic heterocycles. The summed E-state index contributed by atoms with van der Waals surface area (Å²) in [6, 6.07) is 19.9. The van der Waals surface area contributed by atoms with Crippen molar-refractivity contribution >= 4 is 29.2 Å². The molecule has 0 saturated carbocycles. The monoisotopic (exact) mass is 375 g/mol. The van der Waals surface area contributed by atoms with Gasteiger partial charge in [-0.25, -0.2) is 9.78 Å². The normalized spacial score (nSPS) is 10.0. The molecule has 3 aromatic rings. The van der Waals surface area contributed by atoms with Crippen LogP contribution in [0.2, 0.25) is 0 Å². The topological polar surface area (TPSA) is 97.4 Å². The number of rotatable bonds is 5. The Labute approximate surface area is 161 Å². The first kappa shape index (κ1) is 18.8. The van der Waals surface area contributed by atoms with E-state index in [1.54, 1.807) is 48.5 Å². The van der Waals surface area contributed by atoms with Crippen molar-refractivity contribution in [3.05, 3.63) is 89.7 Å². The number of esters is 1. The lowest BCUT2D eigenvalue weighted by Crippen LogP contribution is -2.18. The fourth-order valence-electron chi connectivity index (χ4n) is 2.44. The zero-order valence-corrected chi connectivity index (χ0v) is 15.0. The number of carbonyl (C=O) groups is 3. The average Bonchev–Trinajstić information content (AvgIpc) is 2.74. The van der Waals surface area contributed by atoms with Crippen LogP contribution in [-0.2, 0) is 4.74 Å². The first-order valence-corrected chi connectivity index (χ1v) is 8.40. The molecule has 0 unspecified atom stereocenters. The Morgan fingerprint density at radius 2 is 1.32 bits per heavy atom. The van der Waals surface area contributed by atoms with Gasteiger partial charge in [0.05, 0.1) is 12.7 Å². The highest BCUT2D eigenvalue weighted by atomic mass is 16.5. The van der Waals surface area contributed by atoms with E-state index in [0.29, 0.717) is 16.9 Å². The average molecular weight is 375 g/mol. The molecule has 0 aliphatic carbocycles. The van der Waals surface area contributed by atoms with Crippen LogP contribution in [0.4, 0.5) is 11.4 Å². The van der Waals surface area contributed by atoms with Crippen molar-refractivity contribution < 1.29 is 19.1 Å². The first-order chi connectivity index (χ1) is 13.6. The van der Waals surface area contributed by atoms with E-state index < -0.39 is 17.8 Å². The molecule has 2 amide bonds. The van der Waals surface area contributed by atoms with Crippen LogP contribution in [0.3, 0.4) is 0 Å². The van der Waals surface area contributed by atoms with Crippen LogP contribution in [0, 0.1) is 0 Å². The van der Waals surface area contributed by atoms with Crippen molar-refractivity contribution in [3.8, 4) is 0 Å². The lowest BCUT2D eigenvalue weighted by molar-refractivity contribution is 0.0600. The number of para-hydroxylation sites is 1. The Kier molecular flexibility index (Phi) is 5.76. The van der Waals surface area contributed by atoms with E-state index in [1.165, 1.54) is 25.3 Å². The third-order valence-electron chi connectivity index (χ3n) is 3.79. The number of nitrogens with zero attached hydrogens (tertiary/aromatic N) is 1. The van der Waals surface area contributed by atoms with Gasteiger partial charge in [-0.05, 0) is 42.5 Å². The van der Waals surface area contributed by atoms with Crippen LogP contribution in [0.5, 0.6) is 0 Å². The molecule has 1 aromatic heterocycles. The predicted octanol–water partition coefficient (Wildman–Crippen LogP) is 3.37. The van der Waals surface area contributed by atoms with Gasteiger partial charge in [-0.15, -0.1) is 0 Å². The third-order valence-corrected chi connectivity index (χ3v) is 3.79. The Balaban J connectivity index is 1.74. The van der Waals surface area contributed by atoms with Gasteiger partial charge in [0.2, 0.25) is 0 Å². The van der Waals surface area contributed by atoms with Crippen molar-refractivity contribution in [1.82, 2.24) is 4.98 Å². The molecule has 28 heavy (non-hydrogen) atoms. The molecule has 0 aliphatic rings. The highest BCUT2D eigenvalue weighted by molar-refractivity contribution is 6.06. The largest absolute Gasteiger partial charge is 0.465 e. The number of carbonyl (C=O) groups excluding carboxylic acids is 3. The third kappa shape index (κ3) is 4.59. The van der Waals surface area contributed by atoms with Gasteiger partial charge in [0.15, 0.2) is 0 Å². The maximum atomic E-state index is 12.5. The Bertz CT molecular complexity index is 1020. The van der Waals surface area contributed by atoms with E-state index in [4.69, 9.17) is 0 Å². The second kappa shape index (κ2) is 8.59. The molecular formula is C21H17N3O4. The van der Waals surface area contributed by atoms with E-state index >= 15 is 0 Å². The SMILES string of the molecule is COC(=O)c1cccc(NC(=O)c2cccc(C(=O)Nc3ccccc3)n2)c1. The summed E-state index contributed by atoms with van der Waals surface area (Å²) < 4.78 is 4.66. The number of methoxy groups -OCH3 is 1. The summed E-state index contributed by atoms with van der Waals surface area (Å²) in [6.45, 7) is 0. The minimum Gasteiger partial charge on any atom is -0.465 e. The fourth-order valence-corrected chi connectivity index (χ4v) is 2.44. The second-order valence-electron chi connectivity index (χ2n) is 5.75. The Morgan fingerprint density at radius 1 is 0.750 bits per heavy atom. The van der Waals surface area contributed by atoms with Gasteiger partial charge in [0, 0.05) is 11.4 Å². The molecule has 7 heteroatoms. The number of anilines is 2. The van der Waals surface area contributed by atoms with Gasteiger partial charge in [0.1, 0.15) is 11.4 Å². The van der Waals surface area contributed by atoms with Crippen LogP contribution in [0.1, 0.15) is 31.3 Å². The van der Waals surface area contributed by atoms with Crippen molar-refractivity contribution in [1.29, 1.82) is 0 Å². The van der Waals surface area contributed by atoms with E-state index in [-0.39, 0.29) is 11.4 Å². The predicted molar refractivity (Wildman–Crippen MR) is 104 cm³/mol. The molecule has 3 rings (SSSR count). The number of benzene rings is 2. The maximum absolute atomic E-state index is 12.5. The van der Waals surface area contributed by atoms with Gasteiger partial charge in [-0.3, -0.25) is 9.59 Å². The molecular weight excluding hydrogens is 358 g/mol. The molecule has 2 N–H and O–H groups in total. The van der Waals surface area contributed by atoms with Gasteiger partial charge >= 0.3 is 5.97 Å². The molecule has 1 heterocycles. The summed E-state index contributed by atoms with van der Waals surface area (Å²) in [5.74, 6) is -1.43. The number of hydrogen-bond acceptors (Lipinski definition) is 5. The van der Waals surface area contributed by atoms with Crippen LogP contribution < -0.4 is 10.6 Å². The summed E-state index contributed by atoms with van der Waals surface area (Å²) in [7, 11) is 1.28. The fraction of sp³-hybridized carbons (Fsp3) is 0.0476. The van der Waals surface area contributed by atoms with Crippen molar-refractivity contribution in [2.24, 2.45) is 0 Å². The minimum atomic E-state index is -0.506. The van der Waals surface area contributed by atoms with Crippen LogP contribution >= 0.6 is 0 Å². The Hall–Kier alpha value is -4.00. The van der Waals surface area contributed by atoms with Crippen molar-refractivity contribution in [3.63, 3.8) is 0 Å². The number of nitrogens with one attached hydrogen (secondary N) is 2. The molecule has 0 spiro atoms. The first-order valence-electron chi connectivity index (χ1n) is 8.40. The summed E-state index contributed by atoms with van der Waals surface area (Å²) in [6.07, 6.45) is 0. The zero-order chi connectivity index (χ0) is 19.9. The number of aromatic nitrogens is 1. The Morgan fingerprint density at radius 3 is 1.96 bits per heavy atom. The highest BCUT2D eigenvalue weighted by Crippen LogP contribution is 2.13. The number of hydrogen-bond donors (Lipinski definition) is 2. The van der Waals surface area contributed by atoms with E-state index in [2.05, 4.69) is 20.4 Å². The van der Waals surface area contributed by atoms with Gasteiger partial charge < -0.3 is 15.4 Å². The van der Waals surface area contributed by atoms with Crippen molar-refractivity contribution in [2.75, 3.05) is 17.7 Å². The quantitative estimate of drug-likeness (QED) is 0.667. The van der Waals surface area contributed by atoms with E-state index in [9.17, 15) is 14.4 Å². The molecule has 2 aromatic carbocycles. The number of pyridine rings is 1. The molecule has 140 valence electrons. The minimum absolute atomic E-state index is 0.0733. The molecule has 0 fully saturated rings. The molecule has 7 nitrogen and oxygen atoms in total. The van der Waals surface area contributed by atoms with Gasteiger partial charge in [-0.1, -0.05) is 30.3 Å². The van der Waals surface area contributed by atoms with Crippen LogP contribution in [-0.4, -0.2) is 29.9 Å². The van der Waals surface area contributed by atoms with Gasteiger partial charge in [-0.2, -0.15) is 0 Å². The summed E-state index contributed by atoms with van der Waals surface area (Å²) >= 11 is 0. The van der Waals surface area contributed by atoms with Crippen molar-refractivity contribution in [2.45, 2.75) is 0 Å². The van der Waals surface area contributed by atoms with Crippen LogP contribution in [0.25, 0.3) is 0 Å². The summed E-state index contributed by atoms with van der Waals surface area (Å²) in [5.41, 5.74) is 1.53. The summed E-state index contributed by atoms with van der Waals surface area (Å²) in [5, 5.41) is 5.37. The smallest absolute Gasteiger partial charge is 0.337 e. The maximum Gasteiger partial charge on any atom is 0.337 e. The molecule has 0 saturated heterocycles. The summed E-state index contributed by atoms with van der Waals surface area (Å²) in [4.78, 5) is 40.5. The highest BCUT2D eigenvalue weighted by Gasteiger charge is 2.14. The number of ether oxygens (including phenoxy) is 1. The number of amides is 2. The standard InChI is InChI=1S/C21H17N3O4/c1-28-21(27)14-7-5-10-16(13-14)23-20(26)18-12-6-11-17(24-18)19(25)22-15-8-3-2-4-9-15/h2-13H,1H3,(H,22,25)(H,23,26). The lowest BCUT2D eigenvalue weighted by atomic mass is 10.2. The van der Waals surface area contributed by atoms with E-state index in [1.807, 2.05) is 6.07 Å². The van der Waals surface area contributed by atoms with E-state index in [0.717, 1.165) is 0 Å². The lowest BCUT2D eigenvalue weighted by Gasteiger charge is -2.08. The molecule has 0 atom stereocenters. The molecule has 0 radical (unpaired) electrons.